The van der Waals surface area contributed by atoms with Crippen molar-refractivity contribution in [1.82, 2.24) is 4.90 Å². The predicted molar refractivity (Wildman–Crippen MR) is 97.5 cm³/mol. The largest absolute Gasteiger partial charge is 0.436 e. The molecule has 0 saturated carbocycles. The predicted octanol–water partition coefficient (Wildman–Crippen LogP) is 4.61. The highest BCUT2D eigenvalue weighted by molar-refractivity contribution is 6.64. The number of amides is 1. The number of halogens is 1. The Morgan fingerprint density at radius 3 is 1.92 bits per heavy atom. The number of fused-ring (bicyclic) bond motifs is 3. The van der Waals surface area contributed by atoms with Gasteiger partial charge in [0.05, 0.1) is 0 Å². The van der Waals surface area contributed by atoms with Gasteiger partial charge in [-0.1, -0.05) is 62.4 Å². The van der Waals surface area contributed by atoms with Gasteiger partial charge in [0.2, 0.25) is 5.24 Å². The van der Waals surface area contributed by atoms with Gasteiger partial charge < -0.3 is 4.74 Å². The Balaban J connectivity index is 1.90. The minimum atomic E-state index is -0.721. The van der Waals surface area contributed by atoms with Crippen molar-refractivity contribution < 1.29 is 14.3 Å². The Kier molecular flexibility index (Phi) is 4.82. The molecule has 1 atom stereocenters. The summed E-state index contributed by atoms with van der Waals surface area (Å²) in [6.45, 7) is 3.68. The van der Waals surface area contributed by atoms with Gasteiger partial charge in [-0.2, -0.15) is 0 Å². The highest BCUT2D eigenvalue weighted by Gasteiger charge is 2.35. The van der Waals surface area contributed by atoms with Gasteiger partial charge in [0, 0.05) is 18.2 Å². The van der Waals surface area contributed by atoms with Crippen molar-refractivity contribution in [2.75, 3.05) is 7.05 Å². The van der Waals surface area contributed by atoms with Crippen molar-refractivity contribution in [1.29, 1.82) is 0 Å². The smallest absolute Gasteiger partial charge is 0.411 e. The number of rotatable bonds is 4. The van der Waals surface area contributed by atoms with Crippen LogP contribution in [0.15, 0.2) is 48.5 Å². The lowest BCUT2D eigenvalue weighted by molar-refractivity contribution is -0.117. The van der Waals surface area contributed by atoms with Crippen LogP contribution in [0.5, 0.6) is 0 Å². The summed E-state index contributed by atoms with van der Waals surface area (Å²) in [5.41, 5.74) is 4.02. The molecular weight excluding hydrogens is 338 g/mol. The van der Waals surface area contributed by atoms with E-state index in [0.29, 0.717) is 0 Å². The molecule has 0 N–H and O–H groups in total. The van der Waals surface area contributed by atoms with Crippen molar-refractivity contribution in [3.05, 3.63) is 59.7 Å². The van der Waals surface area contributed by atoms with Crippen LogP contribution in [-0.2, 0) is 9.53 Å². The fourth-order valence-corrected chi connectivity index (χ4v) is 3.79. The Morgan fingerprint density at radius 1 is 1.00 bits per heavy atom. The van der Waals surface area contributed by atoms with Gasteiger partial charge in [-0.05, 0) is 28.6 Å². The second-order valence-electron chi connectivity index (χ2n) is 6.54. The molecule has 4 nitrogen and oxygen atoms in total. The number of hydrogen-bond donors (Lipinski definition) is 0. The van der Waals surface area contributed by atoms with Crippen LogP contribution in [0.25, 0.3) is 11.1 Å². The Morgan fingerprint density at radius 2 is 1.48 bits per heavy atom. The molecule has 0 unspecified atom stereocenters. The molecule has 1 aliphatic rings. The van der Waals surface area contributed by atoms with E-state index >= 15 is 0 Å². The van der Waals surface area contributed by atoms with Gasteiger partial charge in [0.1, 0.15) is 6.04 Å². The number of likely N-dealkylation sites (N-methyl/N-ethyl adjacent to an activating group) is 1. The van der Waals surface area contributed by atoms with Gasteiger partial charge in [0.15, 0.2) is 6.10 Å². The van der Waals surface area contributed by atoms with Crippen molar-refractivity contribution in [3.8, 4) is 11.1 Å². The second kappa shape index (κ2) is 6.89. The summed E-state index contributed by atoms with van der Waals surface area (Å²) >= 11 is 5.67. The van der Waals surface area contributed by atoms with E-state index in [9.17, 15) is 9.59 Å². The molecule has 3 rings (SSSR count). The molecule has 0 spiro atoms. The first kappa shape index (κ1) is 17.5. The average Bonchev–Trinajstić information content (AvgIpc) is 2.89. The fraction of sp³-hybridized carbons (Fsp3) is 0.300. The molecule has 0 radical (unpaired) electrons. The highest BCUT2D eigenvalue weighted by Crippen LogP contribution is 2.45. The van der Waals surface area contributed by atoms with E-state index in [1.165, 1.54) is 4.90 Å². The number of carbonyl (C=O) groups is 2. The van der Waals surface area contributed by atoms with Crippen LogP contribution in [0, 0.1) is 5.92 Å². The lowest BCUT2D eigenvalue weighted by Crippen LogP contribution is -2.44. The van der Waals surface area contributed by atoms with Gasteiger partial charge in [0.25, 0.3) is 0 Å². The third kappa shape index (κ3) is 3.14. The molecule has 2 aromatic rings. The van der Waals surface area contributed by atoms with E-state index in [1.54, 1.807) is 7.05 Å². The first-order chi connectivity index (χ1) is 11.9. The Labute approximate surface area is 152 Å². The van der Waals surface area contributed by atoms with E-state index in [-0.39, 0.29) is 5.92 Å². The van der Waals surface area contributed by atoms with Crippen LogP contribution in [0.3, 0.4) is 0 Å². The SMILES string of the molecule is CC(C)[C@@H](C(=O)Cl)N(C)C(=O)OC1c2ccccc2-c2ccccc21. The molecule has 1 amide bonds. The molecule has 1 aliphatic carbocycles. The zero-order valence-corrected chi connectivity index (χ0v) is 15.2. The van der Waals surface area contributed by atoms with Crippen LogP contribution >= 0.6 is 11.6 Å². The lowest BCUT2D eigenvalue weighted by atomic mass is 10.1. The van der Waals surface area contributed by atoms with Crippen LogP contribution in [-0.4, -0.2) is 29.3 Å². The number of hydrogen-bond acceptors (Lipinski definition) is 3. The molecular formula is C20H20ClNO3. The zero-order valence-electron chi connectivity index (χ0n) is 14.4. The lowest BCUT2D eigenvalue weighted by Gasteiger charge is -2.29. The van der Waals surface area contributed by atoms with E-state index in [4.69, 9.17) is 16.3 Å². The zero-order chi connectivity index (χ0) is 18.1. The maximum Gasteiger partial charge on any atom is 0.411 e. The maximum absolute atomic E-state index is 12.7. The molecule has 130 valence electrons. The van der Waals surface area contributed by atoms with Crippen LogP contribution < -0.4 is 0 Å². The van der Waals surface area contributed by atoms with Gasteiger partial charge in [-0.15, -0.1) is 0 Å². The topological polar surface area (TPSA) is 46.6 Å². The van der Waals surface area contributed by atoms with E-state index in [2.05, 4.69) is 0 Å². The molecule has 0 aliphatic heterocycles. The van der Waals surface area contributed by atoms with Crippen molar-refractivity contribution >= 4 is 22.9 Å². The first-order valence-corrected chi connectivity index (χ1v) is 8.60. The number of ether oxygens (including phenoxy) is 1. The molecule has 25 heavy (non-hydrogen) atoms. The van der Waals surface area contributed by atoms with Crippen LogP contribution in [0.4, 0.5) is 4.79 Å². The van der Waals surface area contributed by atoms with E-state index in [0.717, 1.165) is 22.3 Å². The summed E-state index contributed by atoms with van der Waals surface area (Å²) in [6, 6.07) is 15.0. The molecule has 0 aromatic heterocycles. The van der Waals surface area contributed by atoms with Crippen molar-refractivity contribution in [2.45, 2.75) is 26.0 Å². The summed E-state index contributed by atoms with van der Waals surface area (Å²) < 4.78 is 5.78. The summed E-state index contributed by atoms with van der Waals surface area (Å²) in [5.74, 6) is -0.106. The van der Waals surface area contributed by atoms with Gasteiger partial charge in [-0.25, -0.2) is 4.79 Å². The summed E-state index contributed by atoms with van der Waals surface area (Å²) in [6.07, 6.45) is -1.05. The Bertz CT molecular complexity index is 773. The van der Waals surface area contributed by atoms with Crippen LogP contribution in [0.2, 0.25) is 0 Å². The van der Waals surface area contributed by atoms with Gasteiger partial charge >= 0.3 is 6.09 Å². The molecule has 2 aromatic carbocycles. The fourth-order valence-electron chi connectivity index (χ4n) is 3.40. The maximum atomic E-state index is 12.7. The van der Waals surface area contributed by atoms with Gasteiger partial charge in [-0.3, -0.25) is 9.69 Å². The summed E-state index contributed by atoms with van der Waals surface area (Å²) in [7, 11) is 1.54. The highest BCUT2D eigenvalue weighted by atomic mass is 35.5. The quantitative estimate of drug-likeness (QED) is 0.750. The monoisotopic (exact) mass is 357 g/mol. The molecule has 0 heterocycles. The summed E-state index contributed by atoms with van der Waals surface area (Å²) in [5, 5.41) is -0.568. The van der Waals surface area contributed by atoms with Crippen LogP contribution in [0.1, 0.15) is 31.1 Å². The standard InChI is InChI=1S/C20H20ClNO3/c1-12(2)17(19(21)23)22(3)20(24)25-18-15-10-6-4-8-13(15)14-9-5-7-11-16(14)18/h4-12,17-18H,1-3H3/t17-/m0/s1. The summed E-state index contributed by atoms with van der Waals surface area (Å²) in [4.78, 5) is 25.6. The van der Waals surface area contributed by atoms with Crippen molar-refractivity contribution in [3.63, 3.8) is 0 Å². The molecule has 5 heteroatoms. The number of nitrogens with zero attached hydrogens (tertiary/aromatic N) is 1. The molecule has 0 fully saturated rings. The molecule has 0 saturated heterocycles. The first-order valence-electron chi connectivity index (χ1n) is 8.22. The normalized spacial score (nSPS) is 14.0. The average molecular weight is 358 g/mol. The number of carbonyl (C=O) groups excluding carboxylic acids is 2. The minimum absolute atomic E-state index is 0.106. The van der Waals surface area contributed by atoms with E-state index < -0.39 is 23.5 Å². The second-order valence-corrected chi connectivity index (χ2v) is 6.91. The third-order valence-corrected chi connectivity index (χ3v) is 4.79. The van der Waals surface area contributed by atoms with E-state index in [1.807, 2.05) is 62.4 Å². The molecule has 0 bridgehead atoms. The minimum Gasteiger partial charge on any atom is -0.436 e. The van der Waals surface area contributed by atoms with Crippen molar-refractivity contribution in [2.24, 2.45) is 5.92 Å². The third-order valence-electron chi connectivity index (χ3n) is 4.56. The number of benzene rings is 2. The Hall–Kier alpha value is -2.33.